The van der Waals surface area contributed by atoms with E-state index in [9.17, 15) is 0 Å². The third-order valence-electron chi connectivity index (χ3n) is 2.95. The second kappa shape index (κ2) is 8.32. The van der Waals surface area contributed by atoms with Crippen LogP contribution in [-0.2, 0) is 6.42 Å². The van der Waals surface area contributed by atoms with E-state index in [4.69, 9.17) is 22.1 Å². The van der Waals surface area contributed by atoms with Gasteiger partial charge in [-0.15, -0.1) is 11.8 Å². The third kappa shape index (κ3) is 5.27. The molecule has 2 N–H and O–H groups in total. The summed E-state index contributed by atoms with van der Waals surface area (Å²) in [6.07, 6.45) is 0.723. The number of thioether (sulfide) groups is 1. The van der Waals surface area contributed by atoms with E-state index in [1.54, 1.807) is 11.8 Å². The van der Waals surface area contributed by atoms with Crippen LogP contribution in [0, 0.1) is 0 Å². The van der Waals surface area contributed by atoms with Gasteiger partial charge in [0.15, 0.2) is 0 Å². The lowest BCUT2D eigenvalue weighted by Crippen LogP contribution is -2.18. The van der Waals surface area contributed by atoms with E-state index in [-0.39, 0.29) is 6.04 Å². The first kappa shape index (κ1) is 16.2. The molecule has 4 heteroatoms. The number of halogens is 1. The van der Waals surface area contributed by atoms with Crippen molar-refractivity contribution >= 4 is 23.4 Å². The molecule has 2 aromatic carbocycles. The van der Waals surface area contributed by atoms with Crippen molar-refractivity contribution < 1.29 is 4.74 Å². The highest BCUT2D eigenvalue weighted by atomic mass is 35.5. The fraction of sp³-hybridized carbons (Fsp3) is 0.294. The van der Waals surface area contributed by atoms with Crippen LogP contribution < -0.4 is 10.5 Å². The second-order valence-electron chi connectivity index (χ2n) is 4.91. The Hall–Kier alpha value is -1.16. The van der Waals surface area contributed by atoms with Gasteiger partial charge >= 0.3 is 0 Å². The average molecular weight is 322 g/mol. The van der Waals surface area contributed by atoms with Crippen molar-refractivity contribution in [1.82, 2.24) is 0 Å². The Bertz CT molecular complexity index is 560. The Labute approximate surface area is 135 Å². The van der Waals surface area contributed by atoms with Gasteiger partial charge in [0.05, 0.1) is 6.61 Å². The van der Waals surface area contributed by atoms with Gasteiger partial charge in [0.25, 0.3) is 0 Å². The monoisotopic (exact) mass is 321 g/mol. The second-order valence-corrected chi connectivity index (χ2v) is 6.48. The van der Waals surface area contributed by atoms with E-state index >= 15 is 0 Å². The Morgan fingerprint density at radius 3 is 2.62 bits per heavy atom. The topological polar surface area (TPSA) is 35.2 Å². The van der Waals surface area contributed by atoms with Crippen molar-refractivity contribution in [2.75, 3.05) is 12.4 Å². The Morgan fingerprint density at radius 2 is 1.90 bits per heavy atom. The zero-order valence-electron chi connectivity index (χ0n) is 12.1. The fourth-order valence-corrected chi connectivity index (χ4v) is 3.02. The highest BCUT2D eigenvalue weighted by molar-refractivity contribution is 7.99. The lowest BCUT2D eigenvalue weighted by Gasteiger charge is -2.14. The van der Waals surface area contributed by atoms with Crippen molar-refractivity contribution in [3.8, 4) is 5.75 Å². The van der Waals surface area contributed by atoms with Crippen molar-refractivity contribution in [1.29, 1.82) is 0 Å². The normalized spacial score (nSPS) is 12.1. The summed E-state index contributed by atoms with van der Waals surface area (Å²) < 4.78 is 5.88. The molecule has 0 aliphatic rings. The molecule has 0 amide bonds. The molecule has 0 radical (unpaired) electrons. The zero-order valence-corrected chi connectivity index (χ0v) is 13.7. The predicted molar refractivity (Wildman–Crippen MR) is 91.5 cm³/mol. The van der Waals surface area contributed by atoms with Crippen LogP contribution in [0.3, 0.4) is 0 Å². The van der Waals surface area contributed by atoms with E-state index in [1.165, 1.54) is 4.90 Å². The quantitative estimate of drug-likeness (QED) is 0.606. The van der Waals surface area contributed by atoms with Crippen LogP contribution in [0.15, 0.2) is 53.4 Å². The van der Waals surface area contributed by atoms with Crippen molar-refractivity contribution in [2.24, 2.45) is 5.73 Å². The Morgan fingerprint density at radius 1 is 1.14 bits per heavy atom. The number of ether oxygens (including phenoxy) is 1. The van der Waals surface area contributed by atoms with Gasteiger partial charge in [0.2, 0.25) is 0 Å². The Balaban J connectivity index is 1.89. The first-order valence-corrected chi connectivity index (χ1v) is 8.37. The summed E-state index contributed by atoms with van der Waals surface area (Å²) in [6, 6.07) is 16.1. The summed E-state index contributed by atoms with van der Waals surface area (Å²) in [7, 11) is 0. The molecule has 2 nitrogen and oxygen atoms in total. The third-order valence-corrected chi connectivity index (χ3v) is 4.29. The largest absolute Gasteiger partial charge is 0.492 e. The van der Waals surface area contributed by atoms with E-state index in [0.717, 1.165) is 28.5 Å². The summed E-state index contributed by atoms with van der Waals surface area (Å²) in [5.41, 5.74) is 6.87. The molecule has 2 rings (SSSR count). The highest BCUT2D eigenvalue weighted by Gasteiger charge is 2.10. The minimum absolute atomic E-state index is 0.0611. The molecule has 0 aromatic heterocycles. The van der Waals surface area contributed by atoms with E-state index in [1.807, 2.05) is 43.3 Å². The molecular formula is C17H20ClNOS. The number of hydrogen-bond donors (Lipinski definition) is 1. The van der Waals surface area contributed by atoms with Gasteiger partial charge in [0.1, 0.15) is 5.75 Å². The molecule has 0 aliphatic heterocycles. The summed E-state index contributed by atoms with van der Waals surface area (Å²) >= 11 is 8.02. The summed E-state index contributed by atoms with van der Waals surface area (Å²) in [4.78, 5) is 1.25. The van der Waals surface area contributed by atoms with Crippen LogP contribution in [0.4, 0.5) is 0 Å². The molecule has 0 heterocycles. The van der Waals surface area contributed by atoms with Gasteiger partial charge in [-0.1, -0.05) is 35.9 Å². The van der Waals surface area contributed by atoms with Crippen molar-refractivity contribution in [2.45, 2.75) is 24.3 Å². The molecule has 0 bridgehead atoms. The first-order chi connectivity index (χ1) is 10.2. The molecule has 0 saturated heterocycles. The minimum atomic E-state index is 0.0611. The number of rotatable bonds is 7. The van der Waals surface area contributed by atoms with Gasteiger partial charge in [0, 0.05) is 27.3 Å². The van der Waals surface area contributed by atoms with E-state index < -0.39 is 0 Å². The Kier molecular flexibility index (Phi) is 6.43. The van der Waals surface area contributed by atoms with Crippen molar-refractivity contribution in [3.05, 3.63) is 59.1 Å². The smallest absolute Gasteiger partial charge is 0.124 e. The maximum atomic E-state index is 6.24. The number of nitrogens with two attached hydrogens (primary N) is 1. The van der Waals surface area contributed by atoms with Crippen LogP contribution >= 0.6 is 23.4 Å². The van der Waals surface area contributed by atoms with Crippen LogP contribution in [0.25, 0.3) is 0 Å². The van der Waals surface area contributed by atoms with Gasteiger partial charge in [-0.05, 0) is 37.6 Å². The van der Waals surface area contributed by atoms with Crippen LogP contribution in [-0.4, -0.2) is 18.4 Å². The molecule has 1 unspecified atom stereocenters. The number of benzene rings is 2. The molecular weight excluding hydrogens is 302 g/mol. The number of hydrogen-bond acceptors (Lipinski definition) is 3. The average Bonchev–Trinajstić information content (AvgIpc) is 2.47. The maximum Gasteiger partial charge on any atom is 0.124 e. The summed E-state index contributed by atoms with van der Waals surface area (Å²) in [5.74, 6) is 1.74. The lowest BCUT2D eigenvalue weighted by molar-refractivity contribution is 0.339. The minimum Gasteiger partial charge on any atom is -0.492 e. The fourth-order valence-electron chi connectivity index (χ4n) is 2.02. The van der Waals surface area contributed by atoms with Gasteiger partial charge in [-0.25, -0.2) is 0 Å². The predicted octanol–water partition coefficient (Wildman–Crippen LogP) is 4.40. The van der Waals surface area contributed by atoms with Gasteiger partial charge in [-0.3, -0.25) is 0 Å². The van der Waals surface area contributed by atoms with Gasteiger partial charge in [-0.2, -0.15) is 0 Å². The first-order valence-electron chi connectivity index (χ1n) is 7.00. The molecule has 0 aliphatic carbocycles. The lowest BCUT2D eigenvalue weighted by atomic mass is 10.1. The standard InChI is InChI=1S/C17H20ClNOS/c1-13(19)12-15-16(18)8-5-9-17(15)20-10-11-21-14-6-3-2-4-7-14/h2-9,13H,10-12,19H2,1H3. The maximum absolute atomic E-state index is 6.24. The van der Waals surface area contributed by atoms with E-state index in [0.29, 0.717) is 6.61 Å². The van der Waals surface area contributed by atoms with Crippen LogP contribution in [0.5, 0.6) is 5.75 Å². The van der Waals surface area contributed by atoms with Gasteiger partial charge < -0.3 is 10.5 Å². The summed E-state index contributed by atoms with van der Waals surface area (Å²) in [5, 5.41) is 0.723. The molecule has 1 atom stereocenters. The van der Waals surface area contributed by atoms with Crippen LogP contribution in [0.2, 0.25) is 5.02 Å². The molecule has 112 valence electrons. The summed E-state index contributed by atoms with van der Waals surface area (Å²) in [6.45, 7) is 2.62. The molecule has 2 aromatic rings. The van der Waals surface area contributed by atoms with Crippen LogP contribution in [0.1, 0.15) is 12.5 Å². The SMILES string of the molecule is CC(N)Cc1c(Cl)cccc1OCCSc1ccccc1. The molecule has 21 heavy (non-hydrogen) atoms. The molecule has 0 saturated carbocycles. The zero-order chi connectivity index (χ0) is 15.1. The van der Waals surface area contributed by atoms with E-state index in [2.05, 4.69) is 12.1 Å². The molecule has 0 fully saturated rings. The highest BCUT2D eigenvalue weighted by Crippen LogP contribution is 2.28. The van der Waals surface area contributed by atoms with Crippen molar-refractivity contribution in [3.63, 3.8) is 0 Å². The molecule has 0 spiro atoms.